The molecule has 0 bridgehead atoms. The zero-order valence-electron chi connectivity index (χ0n) is 28.1. The molecule has 6 heteroatoms. The van der Waals surface area contributed by atoms with E-state index in [1.807, 2.05) is 36.5 Å². The van der Waals surface area contributed by atoms with E-state index in [9.17, 15) is 4.39 Å². The first-order valence-corrected chi connectivity index (χ1v) is 20.3. The fourth-order valence-electron chi connectivity index (χ4n) is 6.75. The Morgan fingerprint density at radius 3 is 2.29 bits per heavy atom. The molecule has 3 heterocycles. The molecule has 0 saturated heterocycles. The van der Waals surface area contributed by atoms with Gasteiger partial charge in [0.2, 0.25) is 0 Å². The van der Waals surface area contributed by atoms with E-state index in [4.69, 9.17) is 9.40 Å². The molecule has 0 atom stereocenters. The Morgan fingerprint density at radius 2 is 1.53 bits per heavy atom. The summed E-state index contributed by atoms with van der Waals surface area (Å²) in [4.78, 5) is 9.24. The van der Waals surface area contributed by atoms with Crippen LogP contribution in [0.1, 0.15) is 31.2 Å². The van der Waals surface area contributed by atoms with Gasteiger partial charge in [-0.1, -0.05) is 98.7 Å². The Bertz CT molecular complexity index is 2170. The van der Waals surface area contributed by atoms with Gasteiger partial charge in [0, 0.05) is 37.9 Å². The van der Waals surface area contributed by atoms with Gasteiger partial charge in [0.15, 0.2) is 0 Å². The molecular weight excluding hydrogens is 800 g/mol. The Kier molecular flexibility index (Phi) is 10.7. The van der Waals surface area contributed by atoms with Gasteiger partial charge < -0.3 is 14.4 Å². The van der Waals surface area contributed by atoms with Gasteiger partial charge in [0.1, 0.15) is 11.4 Å². The Morgan fingerprint density at radius 1 is 0.776 bits per heavy atom. The third kappa shape index (κ3) is 7.99. The van der Waals surface area contributed by atoms with Crippen LogP contribution in [0.15, 0.2) is 120 Å². The second kappa shape index (κ2) is 15.1. The van der Waals surface area contributed by atoms with Crippen LogP contribution < -0.4 is 5.19 Å². The molecule has 1 aliphatic carbocycles. The molecule has 1 radical (unpaired) electrons. The van der Waals surface area contributed by atoms with Crippen LogP contribution in [-0.4, -0.2) is 18.0 Å². The van der Waals surface area contributed by atoms with Crippen LogP contribution >= 0.6 is 0 Å². The second-order valence-electron chi connectivity index (χ2n) is 13.8. The monoisotopic (exact) mass is 839 g/mol. The van der Waals surface area contributed by atoms with Crippen molar-refractivity contribution in [3.63, 3.8) is 0 Å². The molecule has 0 unspecified atom stereocenters. The molecule has 1 fully saturated rings. The van der Waals surface area contributed by atoms with Gasteiger partial charge >= 0.3 is 0 Å². The van der Waals surface area contributed by atoms with E-state index in [0.717, 1.165) is 51.2 Å². The maximum Gasteiger partial charge on any atom is 0.124 e. The SMILES string of the molecule is C[Si](C)(C)c1cnc(-c2[c-]cccc2)cc1-c1ccccc1.Fc1ccc2oc3c[c-]c(-c4cc(CC5CCCC5)ccn4)cc3c2c1.[Ir]. The maximum atomic E-state index is 13.7. The predicted molar refractivity (Wildman–Crippen MR) is 198 cm³/mol. The zero-order valence-corrected chi connectivity index (χ0v) is 31.5. The summed E-state index contributed by atoms with van der Waals surface area (Å²) in [5, 5.41) is 3.09. The number of hydrogen-bond acceptors (Lipinski definition) is 3. The molecule has 0 aliphatic heterocycles. The van der Waals surface area contributed by atoms with E-state index >= 15 is 0 Å². The van der Waals surface area contributed by atoms with Crippen molar-refractivity contribution in [2.75, 3.05) is 0 Å². The number of halogens is 1. The molecule has 8 rings (SSSR count). The number of rotatable bonds is 6. The molecule has 3 nitrogen and oxygen atoms in total. The summed E-state index contributed by atoms with van der Waals surface area (Å²) in [6.45, 7) is 7.10. The van der Waals surface area contributed by atoms with Crippen LogP contribution in [0, 0.1) is 23.9 Å². The van der Waals surface area contributed by atoms with E-state index in [2.05, 4.69) is 97.6 Å². The van der Waals surface area contributed by atoms with Crippen molar-refractivity contribution in [3.8, 4) is 33.6 Å². The molecule has 1 saturated carbocycles. The molecule has 249 valence electrons. The zero-order chi connectivity index (χ0) is 33.1. The van der Waals surface area contributed by atoms with E-state index < -0.39 is 8.07 Å². The van der Waals surface area contributed by atoms with Crippen molar-refractivity contribution in [1.82, 2.24) is 9.97 Å². The maximum absolute atomic E-state index is 13.7. The smallest absolute Gasteiger partial charge is 0.124 e. The van der Waals surface area contributed by atoms with Gasteiger partial charge in [0.25, 0.3) is 0 Å². The van der Waals surface area contributed by atoms with Crippen LogP contribution in [0.25, 0.3) is 55.6 Å². The van der Waals surface area contributed by atoms with Crippen molar-refractivity contribution >= 4 is 35.2 Å². The van der Waals surface area contributed by atoms with E-state index in [1.165, 1.54) is 59.7 Å². The van der Waals surface area contributed by atoms with Crippen molar-refractivity contribution < 1.29 is 28.9 Å². The summed E-state index contributed by atoms with van der Waals surface area (Å²) in [7, 11) is -1.46. The number of benzene rings is 4. The number of hydrogen-bond donors (Lipinski definition) is 0. The van der Waals surface area contributed by atoms with Gasteiger partial charge in [-0.3, -0.25) is 0 Å². The van der Waals surface area contributed by atoms with Crippen molar-refractivity contribution in [1.29, 1.82) is 0 Å². The van der Waals surface area contributed by atoms with E-state index in [-0.39, 0.29) is 25.9 Å². The minimum atomic E-state index is -1.46. The standard InChI is InChI=1S/C23H19FNO.C20H20NSi.Ir/c24-18-6-8-23-20(14-18)19-13-17(5-7-22(19)26-23)21-12-16(9-10-25-21)11-15-3-1-2-4-15;1-22(2,3)20-15-21-19(17-12-8-5-9-13-17)14-18(20)16-10-6-4-7-11-16;/h6-10,12-15H,1-4,11H2;4-12,14-15H,1-3H3;/q2*-1;. The van der Waals surface area contributed by atoms with Gasteiger partial charge in [0.05, 0.1) is 13.7 Å². The van der Waals surface area contributed by atoms with Crippen molar-refractivity contribution in [3.05, 3.63) is 139 Å². The first kappa shape index (κ1) is 34.6. The fourth-order valence-corrected chi connectivity index (χ4v) is 8.22. The second-order valence-corrected chi connectivity index (χ2v) is 18.8. The molecule has 7 aromatic rings. The number of furan rings is 1. The summed E-state index contributed by atoms with van der Waals surface area (Å²) in [6.07, 6.45) is 10.5. The Hall–Kier alpha value is -4.22. The number of pyridine rings is 2. The van der Waals surface area contributed by atoms with Crippen molar-refractivity contribution in [2.24, 2.45) is 5.92 Å². The summed E-state index contributed by atoms with van der Waals surface area (Å²) in [6, 6.07) is 40.1. The van der Waals surface area contributed by atoms with Gasteiger partial charge in [-0.15, -0.1) is 59.7 Å². The quantitative estimate of drug-likeness (QED) is 0.124. The summed E-state index contributed by atoms with van der Waals surface area (Å²) in [5.74, 6) is 0.545. The minimum absolute atomic E-state index is 0. The molecule has 3 aromatic heterocycles. The van der Waals surface area contributed by atoms with E-state index in [0.29, 0.717) is 5.58 Å². The van der Waals surface area contributed by atoms with Gasteiger partial charge in [-0.05, 0) is 64.3 Å². The van der Waals surface area contributed by atoms with Crippen LogP contribution in [-0.2, 0) is 26.5 Å². The molecule has 0 spiro atoms. The van der Waals surface area contributed by atoms with Crippen LogP contribution in [0.3, 0.4) is 0 Å². The number of aromatic nitrogens is 2. The normalized spacial score (nSPS) is 13.2. The predicted octanol–water partition coefficient (Wildman–Crippen LogP) is 11.1. The fraction of sp³-hybridized carbons (Fsp3) is 0.209. The number of fused-ring (bicyclic) bond motifs is 3. The summed E-state index contributed by atoms with van der Waals surface area (Å²) in [5.41, 5.74) is 9.17. The first-order valence-electron chi connectivity index (χ1n) is 16.8. The van der Waals surface area contributed by atoms with E-state index in [1.54, 1.807) is 6.07 Å². The van der Waals surface area contributed by atoms with Crippen LogP contribution in [0.4, 0.5) is 4.39 Å². The topological polar surface area (TPSA) is 38.9 Å². The number of nitrogens with zero attached hydrogens (tertiary/aromatic N) is 2. The average Bonchev–Trinajstić information content (AvgIpc) is 3.76. The first-order chi connectivity index (χ1) is 23.3. The van der Waals surface area contributed by atoms with Gasteiger partial charge in [-0.2, -0.15) is 0 Å². The molecule has 0 N–H and O–H groups in total. The van der Waals surface area contributed by atoms with Crippen LogP contribution in [0.5, 0.6) is 0 Å². The molecule has 1 aliphatic rings. The third-order valence-corrected chi connectivity index (χ3v) is 11.3. The Balaban J connectivity index is 0.000000169. The summed E-state index contributed by atoms with van der Waals surface area (Å²) < 4.78 is 19.4. The largest absolute Gasteiger partial charge is 0.500 e. The minimum Gasteiger partial charge on any atom is -0.500 e. The molecular formula is C43H39FIrN2OSi-2. The third-order valence-electron chi connectivity index (χ3n) is 9.25. The van der Waals surface area contributed by atoms with Gasteiger partial charge in [-0.25, -0.2) is 4.39 Å². The Labute approximate surface area is 303 Å². The molecule has 49 heavy (non-hydrogen) atoms. The average molecular weight is 839 g/mol. The van der Waals surface area contributed by atoms with Crippen LogP contribution in [0.2, 0.25) is 19.6 Å². The van der Waals surface area contributed by atoms with Crippen molar-refractivity contribution in [2.45, 2.75) is 51.7 Å². The molecule has 4 aromatic carbocycles. The molecule has 0 amide bonds. The summed E-state index contributed by atoms with van der Waals surface area (Å²) >= 11 is 0.